The van der Waals surface area contributed by atoms with Crippen molar-refractivity contribution in [2.24, 2.45) is 5.41 Å². The van der Waals surface area contributed by atoms with E-state index in [-0.39, 0.29) is 25.3 Å². The van der Waals surface area contributed by atoms with Crippen LogP contribution in [0.15, 0.2) is 0 Å². The smallest absolute Gasteiger partial charge is 0.311 e. The van der Waals surface area contributed by atoms with Crippen molar-refractivity contribution in [2.45, 2.75) is 45.4 Å². The number of rotatable bonds is 7. The number of carboxylic acid groups (broad SMARTS) is 1. The molecule has 2 N–H and O–H groups in total. The van der Waals surface area contributed by atoms with Crippen LogP contribution in [0.4, 0.5) is 0 Å². The van der Waals surface area contributed by atoms with Crippen LogP contribution in [0.25, 0.3) is 0 Å². The van der Waals surface area contributed by atoms with Gasteiger partial charge in [-0.25, -0.2) is 0 Å². The van der Waals surface area contributed by atoms with Crippen LogP contribution in [0.5, 0.6) is 0 Å². The molecule has 6 heteroatoms. The molecule has 6 nitrogen and oxygen atoms in total. The van der Waals surface area contributed by atoms with E-state index in [1.807, 2.05) is 0 Å². The maximum Gasteiger partial charge on any atom is 0.311 e. The number of esters is 1. The van der Waals surface area contributed by atoms with Crippen molar-refractivity contribution in [3.05, 3.63) is 0 Å². The number of hydrogen-bond acceptors (Lipinski definition) is 4. The summed E-state index contributed by atoms with van der Waals surface area (Å²) in [6.45, 7) is 2.14. The van der Waals surface area contributed by atoms with Gasteiger partial charge in [0.1, 0.15) is 0 Å². The van der Waals surface area contributed by atoms with E-state index in [9.17, 15) is 19.5 Å². The Hall–Kier alpha value is -1.59. The van der Waals surface area contributed by atoms with Gasteiger partial charge in [0.25, 0.3) is 0 Å². The number of aliphatic carboxylic acids is 1. The highest BCUT2D eigenvalue weighted by molar-refractivity contribution is 5.82. The van der Waals surface area contributed by atoms with Crippen LogP contribution in [-0.4, -0.2) is 36.1 Å². The summed E-state index contributed by atoms with van der Waals surface area (Å²) in [5.74, 6) is -1.57. The van der Waals surface area contributed by atoms with Crippen molar-refractivity contribution < 1.29 is 24.2 Å². The molecule has 19 heavy (non-hydrogen) atoms. The Balaban J connectivity index is 2.33. The monoisotopic (exact) mass is 271 g/mol. The predicted molar refractivity (Wildman–Crippen MR) is 67.4 cm³/mol. The molecule has 0 atom stereocenters. The number of ether oxygens (including phenoxy) is 1. The van der Waals surface area contributed by atoms with E-state index in [2.05, 4.69) is 5.32 Å². The average Bonchev–Trinajstić information content (AvgIpc) is 2.84. The van der Waals surface area contributed by atoms with Crippen LogP contribution in [0, 0.1) is 5.41 Å². The van der Waals surface area contributed by atoms with Crippen molar-refractivity contribution >= 4 is 17.8 Å². The van der Waals surface area contributed by atoms with Crippen molar-refractivity contribution in [1.82, 2.24) is 5.32 Å². The van der Waals surface area contributed by atoms with E-state index >= 15 is 0 Å². The predicted octanol–water partition coefficient (Wildman–Crippen LogP) is 1.09. The third kappa shape index (κ3) is 4.54. The molecule has 1 aliphatic carbocycles. The van der Waals surface area contributed by atoms with Gasteiger partial charge in [0.2, 0.25) is 5.91 Å². The summed E-state index contributed by atoms with van der Waals surface area (Å²) >= 11 is 0. The van der Waals surface area contributed by atoms with Crippen LogP contribution >= 0.6 is 0 Å². The molecule has 1 saturated carbocycles. The minimum Gasteiger partial charge on any atom is -0.481 e. The van der Waals surface area contributed by atoms with Gasteiger partial charge < -0.3 is 15.2 Å². The summed E-state index contributed by atoms with van der Waals surface area (Å²) in [6, 6.07) is 0. The first-order chi connectivity index (χ1) is 9.00. The third-order valence-corrected chi connectivity index (χ3v) is 3.50. The van der Waals surface area contributed by atoms with Crippen molar-refractivity contribution in [3.8, 4) is 0 Å². The zero-order valence-corrected chi connectivity index (χ0v) is 11.2. The van der Waals surface area contributed by atoms with Gasteiger partial charge in [-0.05, 0) is 19.8 Å². The molecule has 0 unspecified atom stereocenters. The first-order valence-corrected chi connectivity index (χ1v) is 6.66. The molecule has 0 aromatic rings. The van der Waals surface area contributed by atoms with Gasteiger partial charge in [-0.15, -0.1) is 0 Å². The number of carbonyl (C=O) groups excluding carboxylic acids is 2. The molecular formula is C13H21NO5. The highest BCUT2D eigenvalue weighted by atomic mass is 16.5. The maximum atomic E-state index is 11.6. The molecule has 0 saturated heterocycles. The molecule has 0 radical (unpaired) electrons. The molecule has 1 rings (SSSR count). The zero-order chi connectivity index (χ0) is 14.3. The lowest BCUT2D eigenvalue weighted by Gasteiger charge is -2.23. The summed E-state index contributed by atoms with van der Waals surface area (Å²) in [6.07, 6.45) is 3.02. The third-order valence-electron chi connectivity index (χ3n) is 3.50. The minimum atomic E-state index is -0.851. The molecule has 0 aromatic carbocycles. The van der Waals surface area contributed by atoms with E-state index in [1.165, 1.54) is 0 Å². The van der Waals surface area contributed by atoms with Gasteiger partial charge in [0.15, 0.2) is 0 Å². The van der Waals surface area contributed by atoms with Gasteiger partial charge in [-0.1, -0.05) is 12.8 Å². The molecule has 1 fully saturated rings. The fraction of sp³-hybridized carbons (Fsp3) is 0.769. The summed E-state index contributed by atoms with van der Waals surface area (Å²) < 4.78 is 4.72. The molecule has 0 aromatic heterocycles. The number of carbonyl (C=O) groups is 3. The Morgan fingerprint density at radius 2 is 1.84 bits per heavy atom. The second-order valence-corrected chi connectivity index (χ2v) is 4.87. The van der Waals surface area contributed by atoms with Gasteiger partial charge in [-0.3, -0.25) is 14.4 Å². The van der Waals surface area contributed by atoms with E-state index in [0.717, 1.165) is 12.8 Å². The van der Waals surface area contributed by atoms with Gasteiger partial charge in [-0.2, -0.15) is 0 Å². The molecular weight excluding hydrogens is 250 g/mol. The van der Waals surface area contributed by atoms with Crippen LogP contribution in [-0.2, 0) is 19.1 Å². The van der Waals surface area contributed by atoms with Crippen LogP contribution < -0.4 is 5.32 Å². The Morgan fingerprint density at radius 3 is 2.37 bits per heavy atom. The van der Waals surface area contributed by atoms with Crippen LogP contribution in [0.2, 0.25) is 0 Å². The SMILES string of the molecule is CCOC(=O)CCC(=O)NCC1(C(=O)O)CCCC1. The Morgan fingerprint density at radius 1 is 1.21 bits per heavy atom. The van der Waals surface area contributed by atoms with E-state index in [4.69, 9.17) is 4.74 Å². The van der Waals surface area contributed by atoms with E-state index < -0.39 is 17.4 Å². The molecule has 108 valence electrons. The average molecular weight is 271 g/mol. The normalized spacial score (nSPS) is 16.9. The van der Waals surface area contributed by atoms with Crippen molar-refractivity contribution in [3.63, 3.8) is 0 Å². The second-order valence-electron chi connectivity index (χ2n) is 4.87. The summed E-state index contributed by atoms with van der Waals surface area (Å²) in [5.41, 5.74) is -0.820. The first-order valence-electron chi connectivity index (χ1n) is 6.66. The summed E-state index contributed by atoms with van der Waals surface area (Å²) in [4.78, 5) is 33.9. The fourth-order valence-corrected chi connectivity index (χ4v) is 2.32. The lowest BCUT2D eigenvalue weighted by molar-refractivity contribution is -0.149. The zero-order valence-electron chi connectivity index (χ0n) is 11.2. The highest BCUT2D eigenvalue weighted by Gasteiger charge is 2.41. The molecule has 0 heterocycles. The van der Waals surface area contributed by atoms with Gasteiger partial charge in [0, 0.05) is 13.0 Å². The molecule has 0 bridgehead atoms. The second kappa shape index (κ2) is 7.11. The van der Waals surface area contributed by atoms with Crippen molar-refractivity contribution in [2.75, 3.05) is 13.2 Å². The largest absolute Gasteiger partial charge is 0.481 e. The maximum absolute atomic E-state index is 11.6. The summed E-state index contributed by atoms with van der Waals surface area (Å²) in [5, 5.41) is 11.9. The highest BCUT2D eigenvalue weighted by Crippen LogP contribution is 2.37. The van der Waals surface area contributed by atoms with Gasteiger partial charge >= 0.3 is 11.9 Å². The Labute approximate surface area is 112 Å². The number of hydrogen-bond donors (Lipinski definition) is 2. The lowest BCUT2D eigenvalue weighted by Crippen LogP contribution is -2.41. The first kappa shape index (κ1) is 15.5. The fourth-order valence-electron chi connectivity index (χ4n) is 2.32. The van der Waals surface area contributed by atoms with Crippen LogP contribution in [0.1, 0.15) is 45.4 Å². The lowest BCUT2D eigenvalue weighted by atomic mass is 9.86. The number of carboxylic acids is 1. The van der Waals surface area contributed by atoms with E-state index in [0.29, 0.717) is 19.4 Å². The minimum absolute atomic E-state index is 0.0275. The summed E-state index contributed by atoms with van der Waals surface area (Å²) in [7, 11) is 0. The quantitative estimate of drug-likeness (QED) is 0.676. The Kier molecular flexibility index (Phi) is 5.79. The number of amides is 1. The van der Waals surface area contributed by atoms with Crippen molar-refractivity contribution in [1.29, 1.82) is 0 Å². The molecule has 0 aliphatic heterocycles. The Bertz CT molecular complexity index is 347. The molecule has 0 spiro atoms. The molecule has 1 aliphatic rings. The van der Waals surface area contributed by atoms with Crippen LogP contribution in [0.3, 0.4) is 0 Å². The topological polar surface area (TPSA) is 92.7 Å². The molecule has 1 amide bonds. The standard InChI is InChI=1S/C13H21NO5/c1-2-19-11(16)6-5-10(15)14-9-13(12(17)18)7-3-4-8-13/h2-9H2,1H3,(H,14,15)(H,17,18). The van der Waals surface area contributed by atoms with E-state index in [1.54, 1.807) is 6.92 Å². The van der Waals surface area contributed by atoms with Gasteiger partial charge in [0.05, 0.1) is 18.4 Å². The number of nitrogens with one attached hydrogen (secondary N) is 1.